The Kier molecular flexibility index (Phi) is 6.70. The lowest BCUT2D eigenvalue weighted by atomic mass is 9.81. The van der Waals surface area contributed by atoms with Gasteiger partial charge in [-0.3, -0.25) is 9.89 Å². The third kappa shape index (κ3) is 4.90. The number of nitrogens with two attached hydrogens (primary N) is 1. The smallest absolute Gasteiger partial charge is 0.318 e. The lowest BCUT2D eigenvalue weighted by molar-refractivity contribution is -0.161. The molecule has 3 N–H and O–H groups in total. The maximum atomic E-state index is 12.9. The monoisotopic (exact) mass is 423 g/mol. The summed E-state index contributed by atoms with van der Waals surface area (Å²) in [6.07, 6.45) is 3.84. The van der Waals surface area contributed by atoms with Crippen LogP contribution < -0.4 is 10.5 Å². The van der Waals surface area contributed by atoms with Crippen molar-refractivity contribution in [1.82, 2.24) is 10.2 Å². The Morgan fingerprint density at radius 3 is 2.42 bits per heavy atom. The highest BCUT2D eigenvalue weighted by Crippen LogP contribution is 2.37. The number of nitrogens with zero attached hydrogens (tertiary/aromatic N) is 1. The number of hydrogen-bond donors (Lipinski definition) is 2. The molecule has 6 nitrogen and oxygen atoms in total. The highest BCUT2D eigenvalue weighted by molar-refractivity contribution is 5.93. The molecule has 0 saturated carbocycles. The molecule has 0 aliphatic rings. The number of carbonyl (C=O) groups excluding carboxylic acids is 1. The van der Waals surface area contributed by atoms with Crippen LogP contribution >= 0.6 is 0 Å². The summed E-state index contributed by atoms with van der Waals surface area (Å²) in [6.45, 7) is 10.3. The third-order valence-corrected chi connectivity index (χ3v) is 5.41. The molecule has 6 heteroatoms. The summed E-state index contributed by atoms with van der Waals surface area (Å²) in [5, 5.41) is 8.12. The van der Waals surface area contributed by atoms with Gasteiger partial charge < -0.3 is 15.2 Å². The van der Waals surface area contributed by atoms with E-state index in [2.05, 4.69) is 17.1 Å². The van der Waals surface area contributed by atoms with Gasteiger partial charge in [0.15, 0.2) is 0 Å². The number of ether oxygens (including phenoxy) is 2. The van der Waals surface area contributed by atoms with E-state index in [4.69, 9.17) is 15.2 Å². The van der Waals surface area contributed by atoms with E-state index in [1.807, 2.05) is 64.1 Å². The number of fused-ring (bicyclic) bond motifs is 1. The molecule has 1 unspecified atom stereocenters. The molecular weight excluding hydrogens is 390 g/mol. The average Bonchev–Trinajstić information content (AvgIpc) is 3.21. The number of rotatable bonds is 8. The van der Waals surface area contributed by atoms with Crippen LogP contribution in [0.3, 0.4) is 0 Å². The van der Waals surface area contributed by atoms with Crippen molar-refractivity contribution in [3.05, 3.63) is 48.2 Å². The van der Waals surface area contributed by atoms with Crippen molar-refractivity contribution in [1.29, 1.82) is 0 Å². The number of carbonyl (C=O) groups is 1. The van der Waals surface area contributed by atoms with Crippen LogP contribution in [0, 0.1) is 0 Å². The Hall–Kier alpha value is -2.86. The van der Waals surface area contributed by atoms with Crippen molar-refractivity contribution in [3.63, 3.8) is 0 Å². The molecule has 1 atom stereocenters. The van der Waals surface area contributed by atoms with E-state index in [1.54, 1.807) is 6.20 Å². The van der Waals surface area contributed by atoms with Crippen molar-refractivity contribution in [2.75, 3.05) is 13.2 Å². The van der Waals surface area contributed by atoms with Gasteiger partial charge in [0.1, 0.15) is 16.8 Å². The predicted octanol–water partition coefficient (Wildman–Crippen LogP) is 4.97. The lowest BCUT2D eigenvalue weighted by Gasteiger charge is -2.31. The molecule has 2 aromatic carbocycles. The topological polar surface area (TPSA) is 90.2 Å². The number of unbranched alkanes of at least 4 members (excludes halogenated alkanes) is 1. The van der Waals surface area contributed by atoms with Gasteiger partial charge in [-0.15, -0.1) is 0 Å². The highest BCUT2D eigenvalue weighted by atomic mass is 16.6. The summed E-state index contributed by atoms with van der Waals surface area (Å²) in [5.74, 6) is 0.500. The van der Waals surface area contributed by atoms with Crippen molar-refractivity contribution < 1.29 is 14.3 Å². The number of benzene rings is 2. The quantitative estimate of drug-likeness (QED) is 0.394. The molecule has 1 heterocycles. The normalized spacial score (nSPS) is 13.7. The molecule has 31 heavy (non-hydrogen) atoms. The van der Waals surface area contributed by atoms with E-state index in [0.717, 1.165) is 46.2 Å². The first-order valence-corrected chi connectivity index (χ1v) is 10.8. The molecule has 3 aromatic rings. The maximum Gasteiger partial charge on any atom is 0.318 e. The fourth-order valence-corrected chi connectivity index (χ4v) is 3.42. The van der Waals surface area contributed by atoms with Gasteiger partial charge in [-0.25, -0.2) is 0 Å². The third-order valence-electron chi connectivity index (χ3n) is 5.41. The summed E-state index contributed by atoms with van der Waals surface area (Å²) in [7, 11) is 0. The molecule has 0 aliphatic heterocycles. The van der Waals surface area contributed by atoms with Gasteiger partial charge in [0.2, 0.25) is 0 Å². The van der Waals surface area contributed by atoms with Gasteiger partial charge in [-0.05, 0) is 57.4 Å². The Morgan fingerprint density at radius 2 is 1.81 bits per heavy atom. The van der Waals surface area contributed by atoms with Crippen LogP contribution in [0.2, 0.25) is 0 Å². The Labute approximate surface area is 184 Å². The van der Waals surface area contributed by atoms with E-state index in [9.17, 15) is 4.79 Å². The van der Waals surface area contributed by atoms with Crippen LogP contribution in [-0.4, -0.2) is 34.9 Å². The Bertz CT molecular complexity index is 1030. The van der Waals surface area contributed by atoms with Crippen molar-refractivity contribution in [2.24, 2.45) is 5.73 Å². The molecule has 0 fully saturated rings. The molecule has 0 spiro atoms. The number of H-pyrrole nitrogens is 1. The lowest BCUT2D eigenvalue weighted by Crippen LogP contribution is -2.44. The zero-order chi connectivity index (χ0) is 22.6. The second-order valence-electron chi connectivity index (χ2n) is 9.09. The zero-order valence-corrected chi connectivity index (χ0v) is 19.1. The second-order valence-corrected chi connectivity index (χ2v) is 9.09. The van der Waals surface area contributed by atoms with Gasteiger partial charge in [0.05, 0.1) is 23.7 Å². The minimum atomic E-state index is -0.916. The van der Waals surface area contributed by atoms with Crippen LogP contribution in [0.5, 0.6) is 5.75 Å². The Balaban J connectivity index is 1.96. The Morgan fingerprint density at radius 1 is 1.10 bits per heavy atom. The molecule has 1 aromatic heterocycles. The number of esters is 1. The first-order valence-electron chi connectivity index (χ1n) is 10.8. The van der Waals surface area contributed by atoms with E-state index >= 15 is 0 Å². The summed E-state index contributed by atoms with van der Waals surface area (Å²) >= 11 is 0. The van der Waals surface area contributed by atoms with E-state index in [1.165, 1.54) is 0 Å². The van der Waals surface area contributed by atoms with Gasteiger partial charge in [0, 0.05) is 12.1 Å². The summed E-state index contributed by atoms with van der Waals surface area (Å²) in [6, 6.07) is 11.9. The summed E-state index contributed by atoms with van der Waals surface area (Å²) in [5.41, 5.74) is 8.29. The van der Waals surface area contributed by atoms with Crippen LogP contribution in [0.25, 0.3) is 22.0 Å². The van der Waals surface area contributed by atoms with E-state index in [0.29, 0.717) is 6.61 Å². The number of aromatic amines is 1. The molecule has 3 rings (SSSR count). The first-order chi connectivity index (χ1) is 14.7. The molecule has 0 saturated heterocycles. The van der Waals surface area contributed by atoms with E-state index in [-0.39, 0.29) is 12.5 Å². The highest BCUT2D eigenvalue weighted by Gasteiger charge is 2.37. The standard InChI is InChI=1S/C25H33N3O3/c1-6-7-14-30-22-19(12-13-21-20(22)15-27-28-21)17-8-10-18(11-9-17)25(5,16-26)23(29)31-24(2,3)4/h8-13,15H,6-7,14,16,26H2,1-5H3,(H,27,28). The fraction of sp³-hybridized carbons (Fsp3) is 0.440. The number of nitrogens with one attached hydrogen (secondary N) is 1. The predicted molar refractivity (Wildman–Crippen MR) is 124 cm³/mol. The van der Waals surface area contributed by atoms with Crippen molar-refractivity contribution in [2.45, 2.75) is 58.5 Å². The number of hydrogen-bond acceptors (Lipinski definition) is 5. The van der Waals surface area contributed by atoms with Crippen LogP contribution in [0.15, 0.2) is 42.6 Å². The maximum absolute atomic E-state index is 12.9. The summed E-state index contributed by atoms with van der Waals surface area (Å²) < 4.78 is 11.8. The minimum absolute atomic E-state index is 0.160. The van der Waals surface area contributed by atoms with Gasteiger partial charge in [-0.1, -0.05) is 37.6 Å². The number of aromatic nitrogens is 2. The first kappa shape index (κ1) is 22.8. The molecule has 0 aliphatic carbocycles. The summed E-state index contributed by atoms with van der Waals surface area (Å²) in [4.78, 5) is 12.9. The van der Waals surface area contributed by atoms with E-state index < -0.39 is 11.0 Å². The van der Waals surface area contributed by atoms with Gasteiger partial charge in [-0.2, -0.15) is 5.10 Å². The van der Waals surface area contributed by atoms with Crippen LogP contribution in [0.4, 0.5) is 0 Å². The molecular formula is C25H33N3O3. The molecule has 0 radical (unpaired) electrons. The average molecular weight is 424 g/mol. The second kappa shape index (κ2) is 9.10. The molecule has 0 amide bonds. The van der Waals surface area contributed by atoms with Gasteiger partial charge in [0.25, 0.3) is 0 Å². The zero-order valence-electron chi connectivity index (χ0n) is 19.1. The van der Waals surface area contributed by atoms with Gasteiger partial charge >= 0.3 is 5.97 Å². The van der Waals surface area contributed by atoms with Crippen LogP contribution in [0.1, 0.15) is 53.0 Å². The SMILES string of the molecule is CCCCOc1c(-c2ccc(C(C)(CN)C(=O)OC(C)(C)C)cc2)ccc2[nH]ncc12. The molecule has 166 valence electrons. The largest absolute Gasteiger partial charge is 0.492 e. The van der Waals surface area contributed by atoms with Crippen molar-refractivity contribution >= 4 is 16.9 Å². The molecule has 0 bridgehead atoms. The van der Waals surface area contributed by atoms with Crippen LogP contribution in [-0.2, 0) is 14.9 Å². The minimum Gasteiger partial charge on any atom is -0.492 e. The van der Waals surface area contributed by atoms with Crippen molar-refractivity contribution in [3.8, 4) is 16.9 Å². The fourth-order valence-electron chi connectivity index (χ4n) is 3.42.